The van der Waals surface area contributed by atoms with Crippen LogP contribution in [0.1, 0.15) is 43.5 Å². The molecule has 0 heterocycles. The van der Waals surface area contributed by atoms with Crippen LogP contribution in [0.25, 0.3) is 0 Å². The van der Waals surface area contributed by atoms with E-state index in [0.29, 0.717) is 11.8 Å². The first-order chi connectivity index (χ1) is 9.90. The minimum absolute atomic E-state index is 0.0659. The predicted octanol–water partition coefficient (Wildman–Crippen LogP) is 2.73. The van der Waals surface area contributed by atoms with Crippen LogP contribution in [-0.2, 0) is 0 Å². The van der Waals surface area contributed by atoms with Crippen molar-refractivity contribution in [3.63, 3.8) is 0 Å². The fraction of sp³-hybridized carbons (Fsp3) is 0.533. The van der Waals surface area contributed by atoms with E-state index in [4.69, 9.17) is 5.73 Å². The van der Waals surface area contributed by atoms with Gasteiger partial charge >= 0.3 is 0 Å². The lowest BCUT2D eigenvalue weighted by atomic mass is 9.78. The number of carbonyl (C=O) groups excluding carboxylic acids is 1. The minimum atomic E-state index is -0.572. The number of hydrogen-bond donors (Lipinski definition) is 2. The fourth-order valence-corrected chi connectivity index (χ4v) is 2.88. The highest BCUT2D eigenvalue weighted by Gasteiger charge is 2.28. The second-order valence-electron chi connectivity index (χ2n) is 5.88. The van der Waals surface area contributed by atoms with Crippen molar-refractivity contribution in [1.29, 1.82) is 0 Å². The molecule has 1 aliphatic rings. The minimum Gasteiger partial charge on any atom is -0.393 e. The van der Waals surface area contributed by atoms with Gasteiger partial charge in [-0.1, -0.05) is 26.7 Å². The molecule has 0 radical (unpaired) electrons. The Bertz CT molecular complexity index is 559. The maximum absolute atomic E-state index is 12.3. The number of nitrogens with two attached hydrogens (primary N) is 1. The van der Waals surface area contributed by atoms with E-state index in [1.165, 1.54) is 24.6 Å². The summed E-state index contributed by atoms with van der Waals surface area (Å²) in [6.45, 7) is 4.33. The zero-order valence-electron chi connectivity index (χ0n) is 12.3. The molecule has 0 aromatic heterocycles. The molecule has 1 saturated carbocycles. The van der Waals surface area contributed by atoms with Gasteiger partial charge in [0.05, 0.1) is 4.92 Å². The van der Waals surface area contributed by atoms with Crippen molar-refractivity contribution in [2.45, 2.75) is 39.2 Å². The highest BCUT2D eigenvalue weighted by Crippen LogP contribution is 2.30. The molecule has 3 N–H and O–H groups in total. The van der Waals surface area contributed by atoms with Crippen molar-refractivity contribution >= 4 is 17.3 Å². The van der Waals surface area contributed by atoms with Crippen LogP contribution in [0.2, 0.25) is 0 Å². The Morgan fingerprint density at radius 3 is 2.76 bits per heavy atom. The second kappa shape index (κ2) is 6.11. The third kappa shape index (κ3) is 3.32. The SMILES string of the molecule is CC1CCCC(NC(=O)c2ccc(N)c([N+](=O)[O-])c2)C1C. The summed E-state index contributed by atoms with van der Waals surface area (Å²) in [5.41, 5.74) is 5.66. The molecule has 0 saturated heterocycles. The van der Waals surface area contributed by atoms with Gasteiger partial charge in [0.15, 0.2) is 0 Å². The number of amides is 1. The predicted molar refractivity (Wildman–Crippen MR) is 80.9 cm³/mol. The number of anilines is 1. The first-order valence-electron chi connectivity index (χ1n) is 7.25. The Hall–Kier alpha value is -2.11. The van der Waals surface area contributed by atoms with E-state index < -0.39 is 4.92 Å². The van der Waals surface area contributed by atoms with Crippen LogP contribution in [0.4, 0.5) is 11.4 Å². The first-order valence-corrected chi connectivity index (χ1v) is 7.25. The fourth-order valence-electron chi connectivity index (χ4n) is 2.88. The van der Waals surface area contributed by atoms with E-state index in [0.717, 1.165) is 12.8 Å². The Morgan fingerprint density at radius 1 is 1.38 bits per heavy atom. The van der Waals surface area contributed by atoms with Crippen molar-refractivity contribution in [3.05, 3.63) is 33.9 Å². The quantitative estimate of drug-likeness (QED) is 0.508. The first kappa shape index (κ1) is 15.3. The lowest BCUT2D eigenvalue weighted by Gasteiger charge is -2.34. The molecule has 0 spiro atoms. The summed E-state index contributed by atoms with van der Waals surface area (Å²) in [4.78, 5) is 22.6. The molecule has 1 aliphatic carbocycles. The topological polar surface area (TPSA) is 98.3 Å². The highest BCUT2D eigenvalue weighted by atomic mass is 16.6. The third-order valence-corrected chi connectivity index (χ3v) is 4.51. The number of hydrogen-bond acceptors (Lipinski definition) is 4. The van der Waals surface area contributed by atoms with Crippen LogP contribution in [-0.4, -0.2) is 16.9 Å². The molecule has 3 atom stereocenters. The molecule has 1 amide bonds. The monoisotopic (exact) mass is 291 g/mol. The standard InChI is InChI=1S/C15H21N3O3/c1-9-4-3-5-13(10(9)2)17-15(19)11-6-7-12(16)14(8-11)18(20)21/h6-10,13H,3-5,16H2,1-2H3,(H,17,19). The van der Waals surface area contributed by atoms with Crippen LogP contribution < -0.4 is 11.1 Å². The zero-order chi connectivity index (χ0) is 15.6. The molecule has 1 fully saturated rings. The van der Waals surface area contributed by atoms with Gasteiger partial charge in [-0.3, -0.25) is 14.9 Å². The van der Waals surface area contributed by atoms with Gasteiger partial charge in [0.25, 0.3) is 11.6 Å². The number of nitro groups is 1. The van der Waals surface area contributed by atoms with Crippen molar-refractivity contribution in [2.24, 2.45) is 11.8 Å². The van der Waals surface area contributed by atoms with Gasteiger partial charge in [-0.05, 0) is 30.4 Å². The van der Waals surface area contributed by atoms with Crippen LogP contribution in [0.15, 0.2) is 18.2 Å². The molecular formula is C15H21N3O3. The summed E-state index contributed by atoms with van der Waals surface area (Å²) in [5.74, 6) is 0.709. The average Bonchev–Trinajstić information content (AvgIpc) is 2.44. The van der Waals surface area contributed by atoms with Crippen LogP contribution in [0.5, 0.6) is 0 Å². The van der Waals surface area contributed by atoms with Crippen molar-refractivity contribution in [2.75, 3.05) is 5.73 Å². The van der Waals surface area contributed by atoms with Crippen molar-refractivity contribution < 1.29 is 9.72 Å². The Labute approximate surface area is 123 Å². The van der Waals surface area contributed by atoms with Gasteiger partial charge in [0.1, 0.15) is 5.69 Å². The summed E-state index contributed by atoms with van der Waals surface area (Å²) in [5, 5.41) is 13.9. The summed E-state index contributed by atoms with van der Waals surface area (Å²) in [6, 6.07) is 4.29. The molecule has 3 unspecified atom stereocenters. The Morgan fingerprint density at radius 2 is 2.10 bits per heavy atom. The molecular weight excluding hydrogens is 270 g/mol. The molecule has 6 heteroatoms. The van der Waals surface area contributed by atoms with Gasteiger partial charge in [-0.15, -0.1) is 0 Å². The van der Waals surface area contributed by atoms with E-state index in [-0.39, 0.29) is 28.9 Å². The number of nitrogens with zero attached hydrogens (tertiary/aromatic N) is 1. The van der Waals surface area contributed by atoms with Crippen LogP contribution >= 0.6 is 0 Å². The molecule has 114 valence electrons. The number of carbonyl (C=O) groups is 1. The van der Waals surface area contributed by atoms with Crippen LogP contribution in [0.3, 0.4) is 0 Å². The number of rotatable bonds is 3. The van der Waals surface area contributed by atoms with Crippen molar-refractivity contribution in [1.82, 2.24) is 5.32 Å². The second-order valence-corrected chi connectivity index (χ2v) is 5.88. The molecule has 1 aromatic carbocycles. The normalized spacial score (nSPS) is 25.3. The van der Waals surface area contributed by atoms with Crippen LogP contribution in [0, 0.1) is 22.0 Å². The van der Waals surface area contributed by atoms with Gasteiger partial charge in [0, 0.05) is 17.7 Å². The Balaban J connectivity index is 2.13. The maximum Gasteiger partial charge on any atom is 0.292 e. The van der Waals surface area contributed by atoms with Gasteiger partial charge in [-0.25, -0.2) is 0 Å². The number of nitrogen functional groups attached to an aromatic ring is 1. The molecule has 6 nitrogen and oxygen atoms in total. The third-order valence-electron chi connectivity index (χ3n) is 4.51. The van der Waals surface area contributed by atoms with E-state index in [1.54, 1.807) is 0 Å². The molecule has 2 rings (SSSR count). The molecule has 1 aromatic rings. The zero-order valence-corrected chi connectivity index (χ0v) is 12.3. The lowest BCUT2D eigenvalue weighted by molar-refractivity contribution is -0.383. The van der Waals surface area contributed by atoms with Gasteiger partial charge in [0.2, 0.25) is 0 Å². The van der Waals surface area contributed by atoms with E-state index >= 15 is 0 Å². The van der Waals surface area contributed by atoms with E-state index in [1.807, 2.05) is 0 Å². The van der Waals surface area contributed by atoms with E-state index in [9.17, 15) is 14.9 Å². The summed E-state index contributed by atoms with van der Waals surface area (Å²) < 4.78 is 0. The Kier molecular flexibility index (Phi) is 4.45. The maximum atomic E-state index is 12.3. The number of benzene rings is 1. The molecule has 21 heavy (non-hydrogen) atoms. The van der Waals surface area contributed by atoms with Gasteiger partial charge < -0.3 is 11.1 Å². The van der Waals surface area contributed by atoms with Gasteiger partial charge in [-0.2, -0.15) is 0 Å². The van der Waals surface area contributed by atoms with E-state index in [2.05, 4.69) is 19.2 Å². The average molecular weight is 291 g/mol. The summed E-state index contributed by atoms with van der Waals surface area (Å²) in [6.07, 6.45) is 3.23. The largest absolute Gasteiger partial charge is 0.393 e. The molecule has 0 aliphatic heterocycles. The summed E-state index contributed by atoms with van der Waals surface area (Å²) in [7, 11) is 0. The smallest absolute Gasteiger partial charge is 0.292 e. The number of nitro benzene ring substituents is 1. The summed E-state index contributed by atoms with van der Waals surface area (Å²) >= 11 is 0. The lowest BCUT2D eigenvalue weighted by Crippen LogP contribution is -2.43. The van der Waals surface area contributed by atoms with Crippen molar-refractivity contribution in [3.8, 4) is 0 Å². The highest BCUT2D eigenvalue weighted by molar-refractivity contribution is 5.95. The number of nitrogens with one attached hydrogen (secondary N) is 1. The molecule has 0 bridgehead atoms.